The molecule has 110 valence electrons. The topological polar surface area (TPSA) is 46.5 Å². The molecule has 0 unspecified atom stereocenters. The molecular formula is C17H17FO3. The summed E-state index contributed by atoms with van der Waals surface area (Å²) in [7, 11) is 0. The highest BCUT2D eigenvalue weighted by Crippen LogP contribution is 2.30. The summed E-state index contributed by atoms with van der Waals surface area (Å²) < 4.78 is 18.6. The van der Waals surface area contributed by atoms with Crippen LogP contribution in [0.3, 0.4) is 0 Å². The molecule has 4 heteroatoms. The number of hydrogen-bond acceptors (Lipinski definition) is 2. The summed E-state index contributed by atoms with van der Waals surface area (Å²) in [5.74, 6) is -1.34. The van der Waals surface area contributed by atoms with Crippen molar-refractivity contribution in [1.29, 1.82) is 0 Å². The Balaban J connectivity index is 2.59. The quantitative estimate of drug-likeness (QED) is 0.903. The lowest BCUT2D eigenvalue weighted by molar-refractivity contribution is 0.0689. The van der Waals surface area contributed by atoms with Crippen LogP contribution in [-0.4, -0.2) is 17.7 Å². The lowest BCUT2D eigenvalue weighted by Gasteiger charge is -2.13. The molecule has 0 aliphatic carbocycles. The van der Waals surface area contributed by atoms with Gasteiger partial charge in [-0.25, -0.2) is 9.18 Å². The lowest BCUT2D eigenvalue weighted by Crippen LogP contribution is -2.07. The van der Waals surface area contributed by atoms with Crippen molar-refractivity contribution in [3.63, 3.8) is 0 Å². The van der Waals surface area contributed by atoms with Crippen LogP contribution in [0.4, 0.5) is 4.39 Å². The molecular weight excluding hydrogens is 271 g/mol. The monoisotopic (exact) mass is 288 g/mol. The maximum Gasteiger partial charge on any atom is 0.336 e. The van der Waals surface area contributed by atoms with Gasteiger partial charge < -0.3 is 9.84 Å². The number of benzene rings is 2. The minimum atomic E-state index is -1.01. The predicted octanol–water partition coefficient (Wildman–Crippen LogP) is 4.04. The fraction of sp³-hybridized carbons (Fsp3) is 0.235. The van der Waals surface area contributed by atoms with E-state index in [1.165, 1.54) is 12.1 Å². The highest BCUT2D eigenvalue weighted by atomic mass is 19.1. The molecule has 0 atom stereocenters. The van der Waals surface area contributed by atoms with E-state index in [1.807, 2.05) is 6.92 Å². The SMILES string of the molecule is CCOCc1cccc(-c2ccc(F)cc2C)c1C(=O)O. The number of halogens is 1. The van der Waals surface area contributed by atoms with Crippen molar-refractivity contribution in [2.24, 2.45) is 0 Å². The van der Waals surface area contributed by atoms with E-state index >= 15 is 0 Å². The third-order valence-electron chi connectivity index (χ3n) is 3.30. The van der Waals surface area contributed by atoms with Gasteiger partial charge in [-0.15, -0.1) is 0 Å². The number of ether oxygens (including phenoxy) is 1. The maximum absolute atomic E-state index is 13.2. The number of aryl methyl sites for hydroxylation is 1. The van der Waals surface area contributed by atoms with Gasteiger partial charge in [0.15, 0.2) is 0 Å². The second-order valence-electron chi connectivity index (χ2n) is 4.74. The number of aromatic carboxylic acids is 1. The smallest absolute Gasteiger partial charge is 0.336 e. The molecule has 0 spiro atoms. The van der Waals surface area contributed by atoms with Crippen LogP contribution >= 0.6 is 0 Å². The Bertz CT molecular complexity index is 665. The van der Waals surface area contributed by atoms with Crippen LogP contribution < -0.4 is 0 Å². The highest BCUT2D eigenvalue weighted by Gasteiger charge is 2.17. The molecule has 2 rings (SSSR count). The average molecular weight is 288 g/mol. The van der Waals surface area contributed by atoms with E-state index in [9.17, 15) is 14.3 Å². The summed E-state index contributed by atoms with van der Waals surface area (Å²) >= 11 is 0. The Morgan fingerprint density at radius 2 is 2.00 bits per heavy atom. The minimum Gasteiger partial charge on any atom is -0.478 e. The zero-order valence-electron chi connectivity index (χ0n) is 12.0. The van der Waals surface area contributed by atoms with E-state index in [1.54, 1.807) is 31.2 Å². The molecule has 0 aliphatic heterocycles. The summed E-state index contributed by atoms with van der Waals surface area (Å²) in [5.41, 5.74) is 2.82. The summed E-state index contributed by atoms with van der Waals surface area (Å²) in [6, 6.07) is 9.61. The first-order valence-corrected chi connectivity index (χ1v) is 6.74. The first-order chi connectivity index (χ1) is 10.0. The van der Waals surface area contributed by atoms with E-state index < -0.39 is 5.97 Å². The minimum absolute atomic E-state index is 0.209. The van der Waals surface area contributed by atoms with E-state index in [2.05, 4.69) is 0 Å². The fourth-order valence-electron chi connectivity index (χ4n) is 2.34. The number of carboxylic acids is 1. The van der Waals surface area contributed by atoms with Crippen LogP contribution in [0.2, 0.25) is 0 Å². The van der Waals surface area contributed by atoms with Gasteiger partial charge >= 0.3 is 5.97 Å². The van der Waals surface area contributed by atoms with Gasteiger partial charge in [-0.1, -0.05) is 24.3 Å². The van der Waals surface area contributed by atoms with Crippen LogP contribution in [0.25, 0.3) is 11.1 Å². The lowest BCUT2D eigenvalue weighted by atomic mass is 9.93. The number of carbonyl (C=O) groups is 1. The van der Waals surface area contributed by atoms with Gasteiger partial charge in [0.25, 0.3) is 0 Å². The third-order valence-corrected chi connectivity index (χ3v) is 3.30. The molecule has 0 radical (unpaired) electrons. The standard InChI is InChI=1S/C17H17FO3/c1-3-21-10-12-5-4-6-15(16(12)17(19)20)14-8-7-13(18)9-11(14)2/h4-9H,3,10H2,1-2H3,(H,19,20). The predicted molar refractivity (Wildman–Crippen MR) is 78.9 cm³/mol. The fourth-order valence-corrected chi connectivity index (χ4v) is 2.34. The second-order valence-corrected chi connectivity index (χ2v) is 4.74. The first-order valence-electron chi connectivity index (χ1n) is 6.74. The summed E-state index contributed by atoms with van der Waals surface area (Å²) in [6.07, 6.45) is 0. The molecule has 1 N–H and O–H groups in total. The number of carboxylic acid groups (broad SMARTS) is 1. The molecule has 0 amide bonds. The van der Waals surface area contributed by atoms with Gasteiger partial charge in [0, 0.05) is 6.61 Å². The van der Waals surface area contributed by atoms with Crippen LogP contribution in [0, 0.1) is 12.7 Å². The van der Waals surface area contributed by atoms with E-state index in [-0.39, 0.29) is 18.0 Å². The summed E-state index contributed by atoms with van der Waals surface area (Å²) in [5, 5.41) is 9.52. The Morgan fingerprint density at radius 3 is 2.62 bits per heavy atom. The Labute approximate surface area is 123 Å². The van der Waals surface area contributed by atoms with Crippen molar-refractivity contribution in [3.05, 3.63) is 58.9 Å². The molecule has 0 saturated heterocycles. The van der Waals surface area contributed by atoms with Gasteiger partial charge in [-0.3, -0.25) is 0 Å². The van der Waals surface area contributed by atoms with Crippen LogP contribution in [0.15, 0.2) is 36.4 Å². The molecule has 0 heterocycles. The maximum atomic E-state index is 13.2. The van der Waals surface area contributed by atoms with Gasteiger partial charge in [0.1, 0.15) is 5.82 Å². The van der Waals surface area contributed by atoms with Gasteiger partial charge in [0.05, 0.1) is 12.2 Å². The second kappa shape index (κ2) is 6.50. The zero-order valence-corrected chi connectivity index (χ0v) is 12.0. The number of rotatable bonds is 5. The normalized spacial score (nSPS) is 10.6. The number of hydrogen-bond donors (Lipinski definition) is 1. The molecule has 21 heavy (non-hydrogen) atoms. The van der Waals surface area contributed by atoms with Gasteiger partial charge in [-0.2, -0.15) is 0 Å². The molecule has 0 saturated carbocycles. The van der Waals surface area contributed by atoms with Crippen LogP contribution in [-0.2, 0) is 11.3 Å². The van der Waals surface area contributed by atoms with Crippen molar-refractivity contribution in [2.45, 2.75) is 20.5 Å². The molecule has 0 aliphatic rings. The van der Waals surface area contributed by atoms with Crippen LogP contribution in [0.5, 0.6) is 0 Å². The van der Waals surface area contributed by atoms with E-state index in [0.717, 1.165) is 0 Å². The van der Waals surface area contributed by atoms with E-state index in [0.29, 0.717) is 28.9 Å². The molecule has 0 bridgehead atoms. The Hall–Kier alpha value is -2.20. The molecule has 2 aromatic rings. The largest absolute Gasteiger partial charge is 0.478 e. The summed E-state index contributed by atoms with van der Waals surface area (Å²) in [4.78, 5) is 11.6. The third kappa shape index (κ3) is 3.28. The summed E-state index contributed by atoms with van der Waals surface area (Å²) in [6.45, 7) is 4.37. The van der Waals surface area contributed by atoms with Gasteiger partial charge in [0.2, 0.25) is 0 Å². The highest BCUT2D eigenvalue weighted by molar-refractivity contribution is 5.98. The Kier molecular flexibility index (Phi) is 4.70. The zero-order chi connectivity index (χ0) is 15.4. The molecule has 0 fully saturated rings. The van der Waals surface area contributed by atoms with E-state index in [4.69, 9.17) is 4.74 Å². The van der Waals surface area contributed by atoms with Crippen molar-refractivity contribution in [1.82, 2.24) is 0 Å². The average Bonchev–Trinajstić information content (AvgIpc) is 2.44. The van der Waals surface area contributed by atoms with Crippen molar-refractivity contribution < 1.29 is 19.0 Å². The molecule has 2 aromatic carbocycles. The van der Waals surface area contributed by atoms with Gasteiger partial charge in [-0.05, 0) is 48.2 Å². The molecule has 0 aromatic heterocycles. The Morgan fingerprint density at radius 1 is 1.24 bits per heavy atom. The molecule has 3 nitrogen and oxygen atoms in total. The van der Waals surface area contributed by atoms with Crippen LogP contribution in [0.1, 0.15) is 28.4 Å². The van der Waals surface area contributed by atoms with Crippen molar-refractivity contribution in [3.8, 4) is 11.1 Å². The van der Waals surface area contributed by atoms with Crippen molar-refractivity contribution >= 4 is 5.97 Å². The first kappa shape index (κ1) is 15.2. The van der Waals surface area contributed by atoms with Crippen molar-refractivity contribution in [2.75, 3.05) is 6.61 Å².